The Bertz CT molecular complexity index is 515. The van der Waals surface area contributed by atoms with Gasteiger partial charge in [-0.25, -0.2) is 4.39 Å². The summed E-state index contributed by atoms with van der Waals surface area (Å²) in [5, 5.41) is 0.503. The van der Waals surface area contributed by atoms with E-state index in [4.69, 9.17) is 16.3 Å². The van der Waals surface area contributed by atoms with Gasteiger partial charge >= 0.3 is 0 Å². The highest BCUT2D eigenvalue weighted by Crippen LogP contribution is 2.19. The van der Waals surface area contributed by atoms with Gasteiger partial charge in [0.15, 0.2) is 0 Å². The Hall–Kier alpha value is -1.13. The summed E-state index contributed by atoms with van der Waals surface area (Å²) in [5.41, 5.74) is 0.733. The van der Waals surface area contributed by atoms with Gasteiger partial charge in [-0.15, -0.1) is 0 Å². The second-order valence-corrected chi connectivity index (χ2v) is 4.76. The number of hydrogen-bond donors (Lipinski definition) is 0. The number of rotatable bonds is 3. The Morgan fingerprint density at radius 1 is 1.24 bits per heavy atom. The van der Waals surface area contributed by atoms with Crippen LogP contribution in [0.1, 0.15) is 5.56 Å². The van der Waals surface area contributed by atoms with Crippen LogP contribution in [0.25, 0.3) is 0 Å². The van der Waals surface area contributed by atoms with Crippen molar-refractivity contribution in [1.29, 1.82) is 0 Å². The second-order valence-electron chi connectivity index (χ2n) is 3.41. The van der Waals surface area contributed by atoms with E-state index in [1.165, 1.54) is 18.3 Å². The number of ether oxygens (including phenoxy) is 1. The number of aromatic nitrogens is 1. The summed E-state index contributed by atoms with van der Waals surface area (Å²) >= 11 is 8.99. The van der Waals surface area contributed by atoms with Crippen LogP contribution < -0.4 is 4.74 Å². The zero-order valence-electron chi connectivity index (χ0n) is 8.66. The van der Waals surface area contributed by atoms with Crippen molar-refractivity contribution in [1.82, 2.24) is 4.98 Å². The third kappa shape index (κ3) is 3.68. The molecular weight excluding hydrogens is 308 g/mol. The molecule has 0 bridgehead atoms. The largest absolute Gasteiger partial charge is 0.487 e. The van der Waals surface area contributed by atoms with Gasteiger partial charge in [0.05, 0.1) is 11.2 Å². The predicted molar refractivity (Wildman–Crippen MR) is 67.7 cm³/mol. The Balaban J connectivity index is 2.07. The topological polar surface area (TPSA) is 22.1 Å². The van der Waals surface area contributed by atoms with Crippen molar-refractivity contribution in [3.05, 3.63) is 57.5 Å². The van der Waals surface area contributed by atoms with E-state index in [0.29, 0.717) is 15.2 Å². The molecule has 0 spiro atoms. The first-order valence-electron chi connectivity index (χ1n) is 4.82. The van der Waals surface area contributed by atoms with E-state index in [9.17, 15) is 4.39 Å². The molecule has 0 aliphatic heterocycles. The Kier molecular flexibility index (Phi) is 3.97. The van der Waals surface area contributed by atoms with Gasteiger partial charge in [-0.05, 0) is 23.8 Å². The standard InChI is InChI=1S/C12H8BrClFNO/c13-9-1-8(2-11(15)3-9)7-17-12-4-10(14)5-16-6-12/h1-6H,7H2. The van der Waals surface area contributed by atoms with E-state index in [0.717, 1.165) is 5.56 Å². The van der Waals surface area contributed by atoms with Crippen LogP contribution >= 0.6 is 27.5 Å². The monoisotopic (exact) mass is 315 g/mol. The summed E-state index contributed by atoms with van der Waals surface area (Å²) in [5.74, 6) is 0.250. The molecule has 1 aromatic carbocycles. The molecule has 2 rings (SSSR count). The van der Waals surface area contributed by atoms with Crippen LogP contribution in [0.3, 0.4) is 0 Å². The molecule has 1 aromatic heterocycles. The van der Waals surface area contributed by atoms with Crippen LogP contribution in [-0.2, 0) is 6.61 Å². The lowest BCUT2D eigenvalue weighted by Crippen LogP contribution is -1.96. The zero-order valence-corrected chi connectivity index (χ0v) is 11.0. The summed E-state index contributed by atoms with van der Waals surface area (Å²) in [4.78, 5) is 3.89. The van der Waals surface area contributed by atoms with Crippen molar-refractivity contribution in [3.63, 3.8) is 0 Å². The number of benzene rings is 1. The normalized spacial score (nSPS) is 10.3. The highest BCUT2D eigenvalue weighted by atomic mass is 79.9. The minimum atomic E-state index is -0.304. The first-order valence-corrected chi connectivity index (χ1v) is 5.99. The molecule has 0 amide bonds. The molecule has 1 heterocycles. The molecule has 0 saturated heterocycles. The third-order valence-corrected chi connectivity index (χ3v) is 2.67. The Morgan fingerprint density at radius 2 is 2.06 bits per heavy atom. The summed E-state index contributed by atoms with van der Waals surface area (Å²) in [6.07, 6.45) is 3.08. The quantitative estimate of drug-likeness (QED) is 0.846. The van der Waals surface area contributed by atoms with E-state index in [1.54, 1.807) is 18.3 Å². The molecule has 0 aliphatic carbocycles. The molecule has 5 heteroatoms. The fourth-order valence-electron chi connectivity index (χ4n) is 1.33. The van der Waals surface area contributed by atoms with Crippen molar-refractivity contribution in [3.8, 4) is 5.75 Å². The van der Waals surface area contributed by atoms with Crippen molar-refractivity contribution in [2.75, 3.05) is 0 Å². The van der Waals surface area contributed by atoms with Gasteiger partial charge < -0.3 is 4.74 Å². The van der Waals surface area contributed by atoms with E-state index >= 15 is 0 Å². The summed E-state index contributed by atoms with van der Waals surface area (Å²) in [6, 6.07) is 6.26. The predicted octanol–water partition coefficient (Wildman–Crippen LogP) is 4.22. The number of hydrogen-bond acceptors (Lipinski definition) is 2. The Labute approximate surface area is 112 Å². The van der Waals surface area contributed by atoms with E-state index in [1.807, 2.05) is 0 Å². The molecule has 0 aliphatic rings. The summed E-state index contributed by atoms with van der Waals surface area (Å²) in [6.45, 7) is 0.262. The van der Waals surface area contributed by atoms with Gasteiger partial charge in [-0.3, -0.25) is 4.98 Å². The fourth-order valence-corrected chi connectivity index (χ4v) is 2.01. The van der Waals surface area contributed by atoms with Crippen molar-refractivity contribution < 1.29 is 9.13 Å². The first kappa shape index (κ1) is 12.3. The van der Waals surface area contributed by atoms with E-state index in [-0.39, 0.29) is 12.4 Å². The van der Waals surface area contributed by atoms with Crippen LogP contribution in [0.5, 0.6) is 5.75 Å². The first-order chi connectivity index (χ1) is 8.13. The van der Waals surface area contributed by atoms with Crippen molar-refractivity contribution >= 4 is 27.5 Å². The lowest BCUT2D eigenvalue weighted by molar-refractivity contribution is 0.304. The summed E-state index contributed by atoms with van der Waals surface area (Å²) < 4.78 is 19.2. The second kappa shape index (κ2) is 5.47. The van der Waals surface area contributed by atoms with Gasteiger partial charge in [0.2, 0.25) is 0 Å². The fraction of sp³-hybridized carbons (Fsp3) is 0.0833. The average Bonchev–Trinajstić information content (AvgIpc) is 2.25. The average molecular weight is 317 g/mol. The van der Waals surface area contributed by atoms with Crippen LogP contribution in [-0.4, -0.2) is 4.98 Å². The zero-order chi connectivity index (χ0) is 12.3. The van der Waals surface area contributed by atoms with Crippen molar-refractivity contribution in [2.24, 2.45) is 0 Å². The van der Waals surface area contributed by atoms with Gasteiger partial charge in [-0.2, -0.15) is 0 Å². The van der Waals surface area contributed by atoms with Gasteiger partial charge in [-0.1, -0.05) is 27.5 Å². The van der Waals surface area contributed by atoms with Crippen molar-refractivity contribution in [2.45, 2.75) is 6.61 Å². The molecule has 0 radical (unpaired) electrons. The molecule has 2 nitrogen and oxygen atoms in total. The Morgan fingerprint density at radius 3 is 2.76 bits per heavy atom. The van der Waals surface area contributed by atoms with E-state index in [2.05, 4.69) is 20.9 Å². The molecule has 17 heavy (non-hydrogen) atoms. The lowest BCUT2D eigenvalue weighted by Gasteiger charge is -2.06. The molecule has 0 atom stereocenters. The highest BCUT2D eigenvalue weighted by molar-refractivity contribution is 9.10. The smallest absolute Gasteiger partial charge is 0.139 e. The maximum absolute atomic E-state index is 13.1. The molecule has 0 fully saturated rings. The molecule has 0 unspecified atom stereocenters. The lowest BCUT2D eigenvalue weighted by atomic mass is 10.2. The minimum absolute atomic E-state index is 0.262. The number of pyridine rings is 1. The summed E-state index contributed by atoms with van der Waals surface area (Å²) in [7, 11) is 0. The number of halogens is 3. The van der Waals surface area contributed by atoms with Crippen LogP contribution in [0.15, 0.2) is 41.1 Å². The SMILES string of the molecule is Fc1cc(Br)cc(COc2cncc(Cl)c2)c1. The molecule has 88 valence electrons. The molecule has 2 aromatic rings. The van der Waals surface area contributed by atoms with Crippen LogP contribution in [0, 0.1) is 5.82 Å². The molecular formula is C12H8BrClFNO. The van der Waals surface area contributed by atoms with Gasteiger partial charge in [0, 0.05) is 16.7 Å². The van der Waals surface area contributed by atoms with Crippen LogP contribution in [0.4, 0.5) is 4.39 Å². The van der Waals surface area contributed by atoms with E-state index < -0.39 is 0 Å². The molecule has 0 saturated carbocycles. The van der Waals surface area contributed by atoms with Gasteiger partial charge in [0.25, 0.3) is 0 Å². The van der Waals surface area contributed by atoms with Gasteiger partial charge in [0.1, 0.15) is 18.2 Å². The minimum Gasteiger partial charge on any atom is -0.487 e. The highest BCUT2D eigenvalue weighted by Gasteiger charge is 2.01. The number of nitrogens with zero attached hydrogens (tertiary/aromatic N) is 1. The maximum atomic E-state index is 13.1. The third-order valence-electron chi connectivity index (χ3n) is 2.01. The maximum Gasteiger partial charge on any atom is 0.139 e. The van der Waals surface area contributed by atoms with Crippen LogP contribution in [0.2, 0.25) is 5.02 Å². The molecule has 0 N–H and O–H groups in total.